The molecule has 0 aliphatic carbocycles. The first-order chi connectivity index (χ1) is 9.31. The van der Waals surface area contributed by atoms with Gasteiger partial charge in [0.15, 0.2) is 0 Å². The summed E-state index contributed by atoms with van der Waals surface area (Å²) in [7, 11) is 1.34. The Kier molecular flexibility index (Phi) is 4.34. The van der Waals surface area contributed by atoms with Gasteiger partial charge in [-0.25, -0.2) is 4.79 Å². The van der Waals surface area contributed by atoms with Crippen molar-refractivity contribution in [3.05, 3.63) is 78.0 Å². The van der Waals surface area contributed by atoms with Gasteiger partial charge in [0.1, 0.15) is 0 Å². The van der Waals surface area contributed by atoms with E-state index in [1.165, 1.54) is 7.11 Å². The van der Waals surface area contributed by atoms with Crippen LogP contribution in [0, 0.1) is 0 Å². The molecule has 1 amide bonds. The fourth-order valence-corrected chi connectivity index (χ4v) is 1.76. The number of methoxy groups -OCH3 is 1. The minimum atomic E-state index is -0.482. The van der Waals surface area contributed by atoms with Crippen molar-refractivity contribution in [3.63, 3.8) is 0 Å². The monoisotopic (exact) mass is 253 g/mol. The predicted octanol–water partition coefficient (Wildman–Crippen LogP) is 3.43. The summed E-state index contributed by atoms with van der Waals surface area (Å²) in [4.78, 5) is 11.2. The largest absolute Gasteiger partial charge is 0.453 e. The molecule has 0 unspecified atom stereocenters. The van der Waals surface area contributed by atoms with E-state index >= 15 is 0 Å². The van der Waals surface area contributed by atoms with Gasteiger partial charge in [-0.1, -0.05) is 60.7 Å². The van der Waals surface area contributed by atoms with Crippen molar-refractivity contribution in [3.8, 4) is 0 Å². The smallest absolute Gasteiger partial charge is 0.410 e. The summed E-state index contributed by atoms with van der Waals surface area (Å²) in [6.07, 6.45) is 1.18. The number of amides is 1. The van der Waals surface area contributed by atoms with E-state index in [9.17, 15) is 4.79 Å². The van der Waals surface area contributed by atoms with Gasteiger partial charge in [-0.15, -0.1) is 0 Å². The zero-order valence-electron chi connectivity index (χ0n) is 10.7. The van der Waals surface area contributed by atoms with Crippen LogP contribution in [0.1, 0.15) is 11.1 Å². The normalized spacial score (nSPS) is 9.53. The fourth-order valence-electron chi connectivity index (χ4n) is 1.76. The van der Waals surface area contributed by atoms with Crippen LogP contribution in [-0.4, -0.2) is 13.2 Å². The third kappa shape index (κ3) is 3.45. The maximum atomic E-state index is 11.2. The van der Waals surface area contributed by atoms with Crippen LogP contribution in [-0.2, 0) is 4.74 Å². The van der Waals surface area contributed by atoms with Crippen LogP contribution in [0.4, 0.5) is 4.79 Å². The van der Waals surface area contributed by atoms with Gasteiger partial charge in [0.05, 0.1) is 7.11 Å². The molecule has 3 heteroatoms. The molecule has 0 radical (unpaired) electrons. The highest BCUT2D eigenvalue weighted by Crippen LogP contribution is 2.22. The Labute approximate surface area is 112 Å². The first kappa shape index (κ1) is 12.9. The highest BCUT2D eigenvalue weighted by molar-refractivity contribution is 5.82. The van der Waals surface area contributed by atoms with Gasteiger partial charge in [0.2, 0.25) is 0 Å². The summed E-state index contributed by atoms with van der Waals surface area (Å²) < 4.78 is 4.58. The lowest BCUT2D eigenvalue weighted by Crippen LogP contribution is -2.17. The topological polar surface area (TPSA) is 38.3 Å². The first-order valence-corrected chi connectivity index (χ1v) is 5.97. The molecular weight excluding hydrogens is 238 g/mol. The van der Waals surface area contributed by atoms with Crippen LogP contribution in [0.15, 0.2) is 66.9 Å². The molecule has 0 fully saturated rings. The molecule has 0 aliphatic heterocycles. The maximum Gasteiger partial charge on any atom is 0.410 e. The van der Waals surface area contributed by atoms with Crippen molar-refractivity contribution in [2.24, 2.45) is 0 Å². The Morgan fingerprint density at radius 2 is 1.42 bits per heavy atom. The summed E-state index contributed by atoms with van der Waals surface area (Å²) in [5.74, 6) is 0. The Morgan fingerprint density at radius 1 is 0.947 bits per heavy atom. The number of hydrogen-bond acceptors (Lipinski definition) is 2. The SMILES string of the molecule is COC(=O)NC=C(c1ccccc1)c1ccccc1. The van der Waals surface area contributed by atoms with Gasteiger partial charge < -0.3 is 4.74 Å². The number of carbonyl (C=O) groups is 1. The molecule has 1 N–H and O–H groups in total. The van der Waals surface area contributed by atoms with E-state index in [-0.39, 0.29) is 0 Å². The molecule has 0 aliphatic rings. The van der Waals surface area contributed by atoms with E-state index in [4.69, 9.17) is 0 Å². The molecule has 2 rings (SSSR count). The summed E-state index contributed by atoms with van der Waals surface area (Å²) in [5, 5.41) is 2.61. The number of hydrogen-bond donors (Lipinski definition) is 1. The van der Waals surface area contributed by atoms with Crippen LogP contribution in [0.2, 0.25) is 0 Å². The predicted molar refractivity (Wildman–Crippen MR) is 75.5 cm³/mol. The van der Waals surface area contributed by atoms with Crippen LogP contribution in [0.25, 0.3) is 5.57 Å². The summed E-state index contributed by atoms with van der Waals surface area (Å²) >= 11 is 0. The van der Waals surface area contributed by atoms with Crippen molar-refractivity contribution in [2.45, 2.75) is 0 Å². The van der Waals surface area contributed by atoms with Crippen LogP contribution in [0.5, 0.6) is 0 Å². The van der Waals surface area contributed by atoms with Crippen LogP contribution in [0.3, 0.4) is 0 Å². The highest BCUT2D eigenvalue weighted by atomic mass is 16.5. The van der Waals surface area contributed by atoms with E-state index in [1.54, 1.807) is 6.20 Å². The third-order valence-electron chi connectivity index (χ3n) is 2.69. The van der Waals surface area contributed by atoms with E-state index in [0.29, 0.717) is 0 Å². The molecule has 0 heterocycles. The van der Waals surface area contributed by atoms with Gasteiger partial charge in [-0.2, -0.15) is 0 Å². The van der Waals surface area contributed by atoms with Crippen molar-refractivity contribution in [2.75, 3.05) is 7.11 Å². The number of alkyl carbamates (subject to hydrolysis) is 1. The molecule has 0 bridgehead atoms. The number of ether oxygens (including phenoxy) is 1. The Bertz CT molecular complexity index is 520. The molecule has 0 aromatic heterocycles. The van der Waals surface area contributed by atoms with Gasteiger partial charge in [0.25, 0.3) is 0 Å². The molecule has 0 spiro atoms. The van der Waals surface area contributed by atoms with E-state index in [2.05, 4.69) is 10.1 Å². The lowest BCUT2D eigenvalue weighted by Gasteiger charge is -2.08. The molecule has 96 valence electrons. The van der Waals surface area contributed by atoms with Crippen molar-refractivity contribution in [1.29, 1.82) is 0 Å². The molecule has 2 aromatic rings. The second-order valence-corrected chi connectivity index (χ2v) is 3.93. The average molecular weight is 253 g/mol. The van der Waals surface area contributed by atoms with Gasteiger partial charge in [0, 0.05) is 11.8 Å². The number of nitrogens with one attached hydrogen (secondary N) is 1. The Balaban J connectivity index is 2.37. The van der Waals surface area contributed by atoms with Crippen molar-refractivity contribution >= 4 is 11.7 Å². The molecule has 0 saturated heterocycles. The lowest BCUT2D eigenvalue weighted by molar-refractivity contribution is 0.175. The van der Waals surface area contributed by atoms with Gasteiger partial charge in [-0.3, -0.25) is 5.32 Å². The summed E-state index contributed by atoms with van der Waals surface area (Å²) in [6.45, 7) is 0. The van der Waals surface area contributed by atoms with Gasteiger partial charge >= 0.3 is 6.09 Å². The minimum Gasteiger partial charge on any atom is -0.453 e. The van der Waals surface area contributed by atoms with Crippen LogP contribution >= 0.6 is 0 Å². The lowest BCUT2D eigenvalue weighted by atomic mass is 9.99. The number of rotatable bonds is 3. The van der Waals surface area contributed by atoms with Gasteiger partial charge in [-0.05, 0) is 11.1 Å². The van der Waals surface area contributed by atoms with E-state index < -0.39 is 6.09 Å². The fraction of sp³-hybridized carbons (Fsp3) is 0.0625. The second kappa shape index (κ2) is 6.40. The molecule has 0 atom stereocenters. The first-order valence-electron chi connectivity index (χ1n) is 5.97. The summed E-state index contributed by atoms with van der Waals surface area (Å²) in [6, 6.07) is 19.8. The van der Waals surface area contributed by atoms with E-state index in [0.717, 1.165) is 16.7 Å². The van der Waals surface area contributed by atoms with Crippen molar-refractivity contribution < 1.29 is 9.53 Å². The maximum absolute atomic E-state index is 11.2. The standard InChI is InChI=1S/C16H15NO2/c1-19-16(18)17-12-15(13-8-4-2-5-9-13)14-10-6-3-7-11-14/h2-12H,1H3,(H,17,18). The molecular formula is C16H15NO2. The van der Waals surface area contributed by atoms with E-state index in [1.807, 2.05) is 60.7 Å². The van der Waals surface area contributed by atoms with Crippen molar-refractivity contribution in [1.82, 2.24) is 5.32 Å². The third-order valence-corrected chi connectivity index (χ3v) is 2.69. The number of benzene rings is 2. The average Bonchev–Trinajstić information content (AvgIpc) is 2.49. The zero-order chi connectivity index (χ0) is 13.5. The Hall–Kier alpha value is -2.55. The highest BCUT2D eigenvalue weighted by Gasteiger charge is 2.05. The molecule has 0 saturated carbocycles. The second-order valence-electron chi connectivity index (χ2n) is 3.93. The molecule has 2 aromatic carbocycles. The molecule has 19 heavy (non-hydrogen) atoms. The zero-order valence-corrected chi connectivity index (χ0v) is 10.7. The molecule has 3 nitrogen and oxygen atoms in total. The summed E-state index contributed by atoms with van der Waals surface area (Å²) in [5.41, 5.74) is 3.00. The van der Waals surface area contributed by atoms with Crippen LogP contribution < -0.4 is 5.32 Å². The number of carbonyl (C=O) groups excluding carboxylic acids is 1. The quantitative estimate of drug-likeness (QED) is 0.910. The minimum absolute atomic E-state index is 0.482. The Morgan fingerprint density at radius 3 is 1.84 bits per heavy atom.